The second-order valence-electron chi connectivity index (χ2n) is 4.06. The second kappa shape index (κ2) is 5.44. The minimum absolute atomic E-state index is 0.222. The summed E-state index contributed by atoms with van der Waals surface area (Å²) in [4.78, 5) is 3.62. The van der Waals surface area contributed by atoms with Gasteiger partial charge in [-0.25, -0.2) is 4.98 Å². The van der Waals surface area contributed by atoms with Crippen molar-refractivity contribution in [2.45, 2.75) is 6.42 Å². The molecule has 0 aliphatic carbocycles. The van der Waals surface area contributed by atoms with Crippen molar-refractivity contribution in [1.29, 1.82) is 0 Å². The van der Waals surface area contributed by atoms with Crippen molar-refractivity contribution in [2.24, 2.45) is 5.92 Å². The van der Waals surface area contributed by atoms with E-state index in [1.54, 1.807) is 0 Å². The third-order valence-electron chi connectivity index (χ3n) is 2.75. The van der Waals surface area contributed by atoms with Crippen molar-refractivity contribution in [3.8, 4) is 0 Å². The van der Waals surface area contributed by atoms with Gasteiger partial charge >= 0.3 is 7.12 Å². The van der Waals surface area contributed by atoms with Gasteiger partial charge in [0.05, 0.1) is 6.61 Å². The summed E-state index contributed by atoms with van der Waals surface area (Å²) in [6.07, 6.45) is 0.989. The Hall–Kier alpha value is -1.18. The highest BCUT2D eigenvalue weighted by molar-refractivity contribution is 6.58. The van der Waals surface area contributed by atoms with Gasteiger partial charge in [-0.05, 0) is 12.5 Å². The van der Waals surface area contributed by atoms with Gasteiger partial charge in [0.25, 0.3) is 0 Å². The third-order valence-corrected chi connectivity index (χ3v) is 2.75. The number of pyridine rings is 1. The predicted octanol–water partition coefficient (Wildman–Crippen LogP) is -0.651. The summed E-state index contributed by atoms with van der Waals surface area (Å²) in [5, 5.41) is 20.7. The maximum Gasteiger partial charge on any atom is 0.493 e. The van der Waals surface area contributed by atoms with Crippen molar-refractivity contribution in [2.75, 3.05) is 25.1 Å². The normalized spacial score (nSPS) is 19.4. The maximum atomic E-state index is 13.3. The molecule has 1 unspecified atom stereocenters. The number of nitrogens with one attached hydrogen (secondary N) is 1. The van der Waals surface area contributed by atoms with Gasteiger partial charge in [-0.3, -0.25) is 0 Å². The van der Waals surface area contributed by atoms with Crippen LogP contribution in [-0.4, -0.2) is 41.9 Å². The molecule has 0 radical (unpaired) electrons. The molecule has 0 spiro atoms. The first-order chi connectivity index (χ1) is 8.16. The number of anilines is 1. The van der Waals surface area contributed by atoms with E-state index in [0.717, 1.165) is 13.0 Å². The van der Waals surface area contributed by atoms with Crippen LogP contribution in [0.25, 0.3) is 0 Å². The molecule has 2 heterocycles. The maximum absolute atomic E-state index is 13.3. The SMILES string of the molecule is OB(O)c1ccc(NCC2CCOC2)nc1F. The molecule has 2 rings (SSSR count). The molecule has 1 aliphatic heterocycles. The fraction of sp³-hybridized carbons (Fsp3) is 0.500. The zero-order valence-corrected chi connectivity index (χ0v) is 9.27. The van der Waals surface area contributed by atoms with Crippen LogP contribution in [0.1, 0.15) is 6.42 Å². The van der Waals surface area contributed by atoms with Crippen LogP contribution in [0.3, 0.4) is 0 Å². The molecule has 0 amide bonds. The van der Waals surface area contributed by atoms with Crippen LogP contribution < -0.4 is 10.8 Å². The highest BCUT2D eigenvalue weighted by Gasteiger charge is 2.19. The summed E-state index contributed by atoms with van der Waals surface area (Å²) in [6, 6.07) is 2.83. The molecular formula is C10H14BFN2O3. The number of nitrogens with zero attached hydrogens (tertiary/aromatic N) is 1. The Kier molecular flexibility index (Phi) is 3.93. The number of halogens is 1. The number of hydrogen-bond donors (Lipinski definition) is 3. The van der Waals surface area contributed by atoms with Crippen LogP contribution in [0.15, 0.2) is 12.1 Å². The number of rotatable bonds is 4. The van der Waals surface area contributed by atoms with E-state index >= 15 is 0 Å². The van der Waals surface area contributed by atoms with Crippen LogP contribution in [-0.2, 0) is 4.74 Å². The molecule has 92 valence electrons. The molecule has 7 heteroatoms. The van der Waals surface area contributed by atoms with E-state index in [1.807, 2.05) is 0 Å². The van der Waals surface area contributed by atoms with Gasteiger partial charge in [0.2, 0.25) is 5.95 Å². The van der Waals surface area contributed by atoms with Gasteiger partial charge in [0.15, 0.2) is 0 Å². The van der Waals surface area contributed by atoms with Crippen molar-refractivity contribution in [1.82, 2.24) is 4.98 Å². The van der Waals surface area contributed by atoms with Crippen LogP contribution in [0.2, 0.25) is 0 Å². The fourth-order valence-corrected chi connectivity index (χ4v) is 1.73. The van der Waals surface area contributed by atoms with E-state index < -0.39 is 13.1 Å². The molecule has 1 fully saturated rings. The molecule has 1 atom stereocenters. The van der Waals surface area contributed by atoms with Crippen molar-refractivity contribution in [3.05, 3.63) is 18.1 Å². The third kappa shape index (κ3) is 3.15. The predicted molar refractivity (Wildman–Crippen MR) is 61.4 cm³/mol. The average Bonchev–Trinajstić information content (AvgIpc) is 2.78. The molecule has 1 aromatic heterocycles. The van der Waals surface area contributed by atoms with Crippen molar-refractivity contribution in [3.63, 3.8) is 0 Å². The van der Waals surface area contributed by atoms with Gasteiger partial charge < -0.3 is 20.1 Å². The van der Waals surface area contributed by atoms with Crippen LogP contribution in [0.5, 0.6) is 0 Å². The van der Waals surface area contributed by atoms with E-state index in [-0.39, 0.29) is 5.46 Å². The van der Waals surface area contributed by atoms with Gasteiger partial charge in [0.1, 0.15) is 5.82 Å². The molecule has 17 heavy (non-hydrogen) atoms. The lowest BCUT2D eigenvalue weighted by Gasteiger charge is -2.10. The lowest BCUT2D eigenvalue weighted by molar-refractivity contribution is 0.187. The summed E-state index contributed by atoms with van der Waals surface area (Å²) in [5.74, 6) is -0.0607. The van der Waals surface area contributed by atoms with E-state index in [1.165, 1.54) is 12.1 Å². The Bertz CT molecular complexity index is 386. The first kappa shape index (κ1) is 12.3. The number of hydrogen-bond acceptors (Lipinski definition) is 5. The minimum atomic E-state index is -1.83. The summed E-state index contributed by atoms with van der Waals surface area (Å²) < 4.78 is 18.5. The molecular weight excluding hydrogens is 226 g/mol. The second-order valence-corrected chi connectivity index (χ2v) is 4.06. The van der Waals surface area contributed by atoms with Crippen molar-refractivity contribution >= 4 is 18.4 Å². The highest BCUT2D eigenvalue weighted by atomic mass is 19.1. The van der Waals surface area contributed by atoms with Crippen LogP contribution >= 0.6 is 0 Å². The number of aromatic nitrogens is 1. The molecule has 1 aromatic rings. The first-order valence-corrected chi connectivity index (χ1v) is 5.51. The van der Waals surface area contributed by atoms with Crippen molar-refractivity contribution < 1.29 is 19.2 Å². The number of ether oxygens (including phenoxy) is 1. The lowest BCUT2D eigenvalue weighted by atomic mass is 9.81. The van der Waals surface area contributed by atoms with E-state index in [2.05, 4.69) is 10.3 Å². The highest BCUT2D eigenvalue weighted by Crippen LogP contribution is 2.13. The minimum Gasteiger partial charge on any atom is -0.423 e. The Morgan fingerprint density at radius 1 is 1.53 bits per heavy atom. The zero-order chi connectivity index (χ0) is 12.3. The monoisotopic (exact) mass is 240 g/mol. The smallest absolute Gasteiger partial charge is 0.423 e. The van der Waals surface area contributed by atoms with E-state index in [4.69, 9.17) is 14.8 Å². The topological polar surface area (TPSA) is 74.6 Å². The molecule has 0 saturated carbocycles. The largest absolute Gasteiger partial charge is 0.493 e. The Morgan fingerprint density at radius 2 is 2.35 bits per heavy atom. The summed E-state index contributed by atoms with van der Waals surface area (Å²) in [7, 11) is -1.83. The summed E-state index contributed by atoms with van der Waals surface area (Å²) in [6.45, 7) is 2.15. The van der Waals surface area contributed by atoms with Crippen LogP contribution in [0.4, 0.5) is 10.2 Å². The molecule has 1 saturated heterocycles. The lowest BCUT2D eigenvalue weighted by Crippen LogP contribution is -2.33. The Morgan fingerprint density at radius 3 is 2.94 bits per heavy atom. The zero-order valence-electron chi connectivity index (χ0n) is 9.27. The van der Waals surface area contributed by atoms with Crippen LogP contribution in [0, 0.1) is 11.9 Å². The van der Waals surface area contributed by atoms with Gasteiger partial charge in [-0.15, -0.1) is 0 Å². The van der Waals surface area contributed by atoms with Gasteiger partial charge in [-0.1, -0.05) is 6.07 Å². The quantitative estimate of drug-likeness (QED) is 0.481. The standard InChI is InChI=1S/C10H14BFN2O3/c12-10-8(11(15)16)1-2-9(14-10)13-5-7-3-4-17-6-7/h1-2,7,15-16H,3-6H2,(H,13,14). The molecule has 3 N–H and O–H groups in total. The summed E-state index contributed by atoms with van der Waals surface area (Å²) in [5.41, 5.74) is -0.222. The molecule has 5 nitrogen and oxygen atoms in total. The van der Waals surface area contributed by atoms with Gasteiger partial charge in [-0.2, -0.15) is 4.39 Å². The Labute approximate surface area is 98.8 Å². The Balaban J connectivity index is 1.94. The van der Waals surface area contributed by atoms with E-state index in [0.29, 0.717) is 24.9 Å². The average molecular weight is 240 g/mol. The summed E-state index contributed by atoms with van der Waals surface area (Å²) >= 11 is 0. The fourth-order valence-electron chi connectivity index (χ4n) is 1.73. The first-order valence-electron chi connectivity index (χ1n) is 5.51. The van der Waals surface area contributed by atoms with E-state index in [9.17, 15) is 4.39 Å². The van der Waals surface area contributed by atoms with Gasteiger partial charge in [0, 0.05) is 24.5 Å². The molecule has 0 bridgehead atoms. The molecule has 0 aromatic carbocycles. The molecule has 1 aliphatic rings.